The molecule has 2 rings (SSSR count). The number of nitrogens with zero attached hydrogens (tertiary/aromatic N) is 2. The van der Waals surface area contributed by atoms with Crippen LogP contribution in [0.2, 0.25) is 5.02 Å². The van der Waals surface area contributed by atoms with Crippen molar-refractivity contribution in [3.05, 3.63) is 39.4 Å². The van der Waals surface area contributed by atoms with Gasteiger partial charge in [0.1, 0.15) is 5.82 Å². The average molecular weight is 325 g/mol. The maximum absolute atomic E-state index is 11.8. The van der Waals surface area contributed by atoms with Crippen molar-refractivity contribution in [3.63, 3.8) is 0 Å². The van der Waals surface area contributed by atoms with E-state index in [-0.39, 0.29) is 18.5 Å². The Morgan fingerprint density at radius 2 is 2.29 bits per heavy atom. The van der Waals surface area contributed by atoms with E-state index in [1.165, 1.54) is 6.20 Å². The molecule has 0 fully saturated rings. The van der Waals surface area contributed by atoms with Crippen LogP contribution in [0.5, 0.6) is 0 Å². The molecule has 0 saturated heterocycles. The van der Waals surface area contributed by atoms with Crippen molar-refractivity contribution in [1.82, 2.24) is 15.3 Å². The number of amides is 1. The van der Waals surface area contributed by atoms with Gasteiger partial charge in [-0.3, -0.25) is 4.79 Å². The Morgan fingerprint density at radius 3 is 2.90 bits per heavy atom. The van der Waals surface area contributed by atoms with Crippen LogP contribution >= 0.6 is 22.9 Å². The van der Waals surface area contributed by atoms with E-state index in [0.29, 0.717) is 10.8 Å². The number of hydrogen-bond acceptors (Lipinski definition) is 5. The molecule has 21 heavy (non-hydrogen) atoms. The van der Waals surface area contributed by atoms with Crippen molar-refractivity contribution in [2.45, 2.75) is 26.3 Å². The topological polar surface area (TPSA) is 66.9 Å². The summed E-state index contributed by atoms with van der Waals surface area (Å²) < 4.78 is 0. The number of rotatable bonds is 6. The van der Waals surface area contributed by atoms with E-state index in [1.807, 2.05) is 12.3 Å². The van der Waals surface area contributed by atoms with Gasteiger partial charge in [0.15, 0.2) is 0 Å². The van der Waals surface area contributed by atoms with Crippen LogP contribution in [0.25, 0.3) is 0 Å². The van der Waals surface area contributed by atoms with Crippen LogP contribution in [-0.2, 0) is 11.2 Å². The molecule has 2 N–H and O–H groups in total. The van der Waals surface area contributed by atoms with Gasteiger partial charge >= 0.3 is 0 Å². The Labute approximate surface area is 132 Å². The molecule has 2 heterocycles. The van der Waals surface area contributed by atoms with Gasteiger partial charge in [0.25, 0.3) is 0 Å². The molecule has 0 radical (unpaired) electrons. The summed E-state index contributed by atoms with van der Waals surface area (Å²) in [6.07, 6.45) is 2.43. The first-order chi connectivity index (χ1) is 10.1. The van der Waals surface area contributed by atoms with Gasteiger partial charge in [-0.1, -0.05) is 18.5 Å². The largest absolute Gasteiger partial charge is 0.310 e. The van der Waals surface area contributed by atoms with Crippen LogP contribution < -0.4 is 10.6 Å². The number of hydrogen-bond donors (Lipinski definition) is 2. The van der Waals surface area contributed by atoms with E-state index in [2.05, 4.69) is 27.5 Å². The summed E-state index contributed by atoms with van der Waals surface area (Å²) in [5.41, 5.74) is 0.967. The first-order valence-corrected chi connectivity index (χ1v) is 7.93. The molecule has 112 valence electrons. The minimum atomic E-state index is -0.150. The highest BCUT2D eigenvalue weighted by atomic mass is 35.5. The summed E-state index contributed by atoms with van der Waals surface area (Å²) in [6.45, 7) is 4.26. The second kappa shape index (κ2) is 7.49. The predicted octanol–water partition coefficient (Wildman–Crippen LogP) is 3.04. The van der Waals surface area contributed by atoms with Gasteiger partial charge in [-0.25, -0.2) is 9.97 Å². The molecule has 0 unspecified atom stereocenters. The second-order valence-corrected chi connectivity index (χ2v) is 5.91. The van der Waals surface area contributed by atoms with Gasteiger partial charge in [0.05, 0.1) is 22.3 Å². The molecule has 0 aromatic carbocycles. The Kier molecular flexibility index (Phi) is 5.67. The quantitative estimate of drug-likeness (QED) is 0.857. The fourth-order valence-corrected chi connectivity index (χ4v) is 2.62. The lowest BCUT2D eigenvalue weighted by Crippen LogP contribution is -2.30. The molecule has 0 spiro atoms. The summed E-state index contributed by atoms with van der Waals surface area (Å²) in [5.74, 6) is 0.336. The lowest BCUT2D eigenvalue weighted by Gasteiger charge is -2.11. The zero-order chi connectivity index (χ0) is 15.2. The van der Waals surface area contributed by atoms with Crippen LogP contribution in [0.4, 0.5) is 5.82 Å². The maximum atomic E-state index is 11.8. The van der Waals surface area contributed by atoms with Gasteiger partial charge in [-0.05, 0) is 25.5 Å². The number of pyridine rings is 1. The van der Waals surface area contributed by atoms with Gasteiger partial charge in [0, 0.05) is 17.6 Å². The van der Waals surface area contributed by atoms with Crippen LogP contribution in [0, 0.1) is 0 Å². The first-order valence-electron chi connectivity index (χ1n) is 6.67. The number of anilines is 1. The monoisotopic (exact) mass is 324 g/mol. The van der Waals surface area contributed by atoms with E-state index < -0.39 is 0 Å². The number of aromatic nitrogens is 2. The molecule has 0 aliphatic rings. The minimum Gasteiger partial charge on any atom is -0.310 e. The van der Waals surface area contributed by atoms with Crippen LogP contribution in [0.3, 0.4) is 0 Å². The van der Waals surface area contributed by atoms with Gasteiger partial charge < -0.3 is 10.6 Å². The number of aryl methyl sites for hydroxylation is 1. The normalized spacial score (nSPS) is 12.1. The van der Waals surface area contributed by atoms with Crippen LogP contribution in [0.1, 0.15) is 30.6 Å². The molecule has 0 aliphatic carbocycles. The van der Waals surface area contributed by atoms with E-state index in [1.54, 1.807) is 23.5 Å². The highest BCUT2D eigenvalue weighted by Crippen LogP contribution is 2.16. The Morgan fingerprint density at radius 1 is 1.48 bits per heavy atom. The molecular formula is C14H17ClN4OS. The number of nitrogens with one attached hydrogen (secondary N) is 2. The van der Waals surface area contributed by atoms with E-state index in [0.717, 1.165) is 17.1 Å². The molecule has 0 bridgehead atoms. The third-order valence-electron chi connectivity index (χ3n) is 2.88. The fourth-order valence-electron chi connectivity index (χ4n) is 1.67. The Balaban J connectivity index is 1.81. The van der Waals surface area contributed by atoms with Crippen molar-refractivity contribution in [2.24, 2.45) is 0 Å². The third-order valence-corrected chi connectivity index (χ3v) is 4.11. The molecule has 5 nitrogen and oxygen atoms in total. The highest BCUT2D eigenvalue weighted by molar-refractivity contribution is 7.09. The standard InChI is InChI=1S/C14H17ClN4OS/c1-3-14-18-11(8-21-14)9(2)16-7-13(20)19-12-5-4-10(15)6-17-12/h4-6,8-9,16H,3,7H2,1-2H3,(H,17,19,20)/t9-/m0/s1. The van der Waals surface area contributed by atoms with Gasteiger partial charge in [-0.2, -0.15) is 0 Å². The third kappa shape index (κ3) is 4.77. The molecule has 1 atom stereocenters. The lowest BCUT2D eigenvalue weighted by molar-refractivity contribution is -0.115. The molecule has 1 amide bonds. The zero-order valence-electron chi connectivity index (χ0n) is 11.9. The van der Waals surface area contributed by atoms with Crippen LogP contribution in [-0.4, -0.2) is 22.4 Å². The molecule has 2 aromatic rings. The van der Waals surface area contributed by atoms with E-state index in [9.17, 15) is 4.79 Å². The SMILES string of the molecule is CCc1nc([C@H](C)NCC(=O)Nc2ccc(Cl)cn2)cs1. The number of halogens is 1. The summed E-state index contributed by atoms with van der Waals surface area (Å²) in [5, 5.41) is 9.51. The van der Waals surface area contributed by atoms with Crippen molar-refractivity contribution in [3.8, 4) is 0 Å². The van der Waals surface area contributed by atoms with Crippen molar-refractivity contribution in [2.75, 3.05) is 11.9 Å². The van der Waals surface area contributed by atoms with Gasteiger partial charge in [0.2, 0.25) is 5.91 Å². The number of carbonyl (C=O) groups is 1. The fraction of sp³-hybridized carbons (Fsp3) is 0.357. The Bertz CT molecular complexity index is 599. The Hall–Kier alpha value is -1.50. The van der Waals surface area contributed by atoms with E-state index in [4.69, 9.17) is 11.6 Å². The van der Waals surface area contributed by atoms with Crippen molar-refractivity contribution < 1.29 is 4.79 Å². The smallest absolute Gasteiger partial charge is 0.239 e. The molecule has 2 aromatic heterocycles. The second-order valence-electron chi connectivity index (χ2n) is 4.53. The highest BCUT2D eigenvalue weighted by Gasteiger charge is 2.11. The van der Waals surface area contributed by atoms with E-state index >= 15 is 0 Å². The van der Waals surface area contributed by atoms with Gasteiger partial charge in [-0.15, -0.1) is 11.3 Å². The zero-order valence-corrected chi connectivity index (χ0v) is 13.5. The predicted molar refractivity (Wildman–Crippen MR) is 85.8 cm³/mol. The van der Waals surface area contributed by atoms with Crippen molar-refractivity contribution in [1.29, 1.82) is 0 Å². The maximum Gasteiger partial charge on any atom is 0.239 e. The summed E-state index contributed by atoms with van der Waals surface area (Å²) in [7, 11) is 0. The average Bonchev–Trinajstić information content (AvgIpc) is 2.96. The molecular weight excluding hydrogens is 308 g/mol. The number of thiazole rings is 1. The lowest BCUT2D eigenvalue weighted by atomic mass is 10.2. The number of carbonyl (C=O) groups excluding carboxylic acids is 1. The minimum absolute atomic E-state index is 0.0328. The summed E-state index contributed by atoms with van der Waals surface area (Å²) >= 11 is 7.38. The molecule has 7 heteroatoms. The van der Waals surface area contributed by atoms with Crippen LogP contribution in [0.15, 0.2) is 23.7 Å². The molecule has 0 aliphatic heterocycles. The summed E-state index contributed by atoms with van der Waals surface area (Å²) in [6, 6.07) is 3.38. The first kappa shape index (κ1) is 15.9. The molecule has 0 saturated carbocycles. The van der Waals surface area contributed by atoms with Crippen molar-refractivity contribution >= 4 is 34.7 Å². The summed E-state index contributed by atoms with van der Waals surface area (Å²) in [4.78, 5) is 20.3.